The van der Waals surface area contributed by atoms with Gasteiger partial charge in [-0.3, -0.25) is 4.79 Å². The predicted octanol–water partition coefficient (Wildman–Crippen LogP) is 4.44. The Kier molecular flexibility index (Phi) is 4.88. The lowest BCUT2D eigenvalue weighted by atomic mass is 9.82. The predicted molar refractivity (Wildman–Crippen MR) is 102 cm³/mol. The lowest BCUT2D eigenvalue weighted by Crippen LogP contribution is -2.38. The molecule has 138 valence electrons. The van der Waals surface area contributed by atoms with Crippen LogP contribution in [0.4, 0.5) is 0 Å². The molecule has 0 radical (unpaired) electrons. The molecule has 1 saturated heterocycles. The van der Waals surface area contributed by atoms with Crippen LogP contribution in [0.5, 0.6) is 5.88 Å². The van der Waals surface area contributed by atoms with Crippen LogP contribution in [-0.4, -0.2) is 35.4 Å². The van der Waals surface area contributed by atoms with Gasteiger partial charge in [-0.15, -0.1) is 0 Å². The number of benzene rings is 1. The van der Waals surface area contributed by atoms with E-state index in [1.165, 1.54) is 0 Å². The van der Waals surface area contributed by atoms with Gasteiger partial charge < -0.3 is 14.6 Å². The van der Waals surface area contributed by atoms with Gasteiger partial charge in [0, 0.05) is 34.4 Å². The Balaban J connectivity index is 1.71. The molecule has 2 aliphatic rings. The second-order valence-electron chi connectivity index (χ2n) is 7.30. The number of aromatic nitrogens is 1. The summed E-state index contributed by atoms with van der Waals surface area (Å²) in [5, 5.41) is 11.2. The molecular formula is C20H22BrNO4. The van der Waals surface area contributed by atoms with Gasteiger partial charge in [0.25, 0.3) is 0 Å². The van der Waals surface area contributed by atoms with Gasteiger partial charge in [0.2, 0.25) is 5.88 Å². The van der Waals surface area contributed by atoms with E-state index in [9.17, 15) is 4.79 Å². The first kappa shape index (κ1) is 17.7. The van der Waals surface area contributed by atoms with Gasteiger partial charge in [0.1, 0.15) is 6.10 Å². The number of ether oxygens (including phenoxy) is 2. The van der Waals surface area contributed by atoms with Crippen LogP contribution in [0.15, 0.2) is 22.7 Å². The van der Waals surface area contributed by atoms with Crippen molar-refractivity contribution in [2.24, 2.45) is 5.92 Å². The summed E-state index contributed by atoms with van der Waals surface area (Å²) < 4.78 is 12.7. The van der Waals surface area contributed by atoms with Crippen LogP contribution in [-0.2, 0) is 9.53 Å². The van der Waals surface area contributed by atoms with Crippen LogP contribution in [0, 0.1) is 12.8 Å². The Bertz CT molecular complexity index is 841. The summed E-state index contributed by atoms with van der Waals surface area (Å²) in [6.45, 7) is 3.56. The van der Waals surface area contributed by atoms with E-state index < -0.39 is 5.97 Å². The first-order valence-corrected chi connectivity index (χ1v) is 9.89. The normalized spacial score (nSPS) is 23.6. The van der Waals surface area contributed by atoms with Gasteiger partial charge in [-0.2, -0.15) is 0 Å². The number of fused-ring (bicyclic) bond motifs is 1. The molecule has 4 rings (SSSR count). The number of carboxylic acid groups (broad SMARTS) is 1. The molecule has 0 bridgehead atoms. The van der Waals surface area contributed by atoms with Crippen molar-refractivity contribution in [3.8, 4) is 5.88 Å². The number of aliphatic carboxylic acids is 1. The molecule has 1 aromatic heterocycles. The van der Waals surface area contributed by atoms with E-state index >= 15 is 0 Å². The lowest BCUT2D eigenvalue weighted by Gasteiger charge is -2.33. The van der Waals surface area contributed by atoms with Gasteiger partial charge in [-0.1, -0.05) is 17.7 Å². The molecule has 26 heavy (non-hydrogen) atoms. The van der Waals surface area contributed by atoms with Crippen LogP contribution in [0.25, 0.3) is 10.8 Å². The molecule has 5 nitrogen and oxygen atoms in total. The fraction of sp³-hybridized carbons (Fsp3) is 0.500. The van der Waals surface area contributed by atoms with Crippen LogP contribution in [0.1, 0.15) is 42.9 Å². The molecule has 6 heteroatoms. The van der Waals surface area contributed by atoms with Gasteiger partial charge in [0.15, 0.2) is 0 Å². The second kappa shape index (κ2) is 7.16. The average molecular weight is 420 g/mol. The van der Waals surface area contributed by atoms with Crippen molar-refractivity contribution >= 4 is 32.7 Å². The maximum atomic E-state index is 11.1. The summed E-state index contributed by atoms with van der Waals surface area (Å²) in [4.78, 5) is 15.9. The van der Waals surface area contributed by atoms with Crippen molar-refractivity contribution in [1.82, 2.24) is 4.98 Å². The van der Waals surface area contributed by atoms with Crippen LogP contribution in [0.3, 0.4) is 0 Å². The minimum absolute atomic E-state index is 0.0731. The minimum atomic E-state index is -0.739. The molecule has 2 fully saturated rings. The first-order valence-electron chi connectivity index (χ1n) is 9.10. The first-order chi connectivity index (χ1) is 12.5. The maximum absolute atomic E-state index is 11.1. The minimum Gasteiger partial charge on any atom is -0.481 e. The Morgan fingerprint density at radius 2 is 2.00 bits per heavy atom. The highest BCUT2D eigenvalue weighted by atomic mass is 79.9. The molecule has 1 aliphatic heterocycles. The summed E-state index contributed by atoms with van der Waals surface area (Å²) in [5.41, 5.74) is 2.17. The number of aryl methyl sites for hydroxylation is 1. The standard InChI is InChI=1S/C20H22BrNO4/c1-11-2-3-15-16(8-11)19(26-14-9-13(10-14)20(23)24)22-18(17(15)21)12-4-6-25-7-5-12/h2-3,8,12-14H,4-7,9-10H2,1H3,(H,23,24). The molecule has 0 spiro atoms. The molecule has 1 N–H and O–H groups in total. The van der Waals surface area contributed by atoms with Crippen molar-refractivity contribution in [2.75, 3.05) is 13.2 Å². The smallest absolute Gasteiger partial charge is 0.306 e. The zero-order valence-electron chi connectivity index (χ0n) is 14.7. The molecule has 1 aliphatic carbocycles. The largest absolute Gasteiger partial charge is 0.481 e. The van der Waals surface area contributed by atoms with Gasteiger partial charge in [0.05, 0.1) is 11.6 Å². The lowest BCUT2D eigenvalue weighted by molar-refractivity contribution is -0.148. The topological polar surface area (TPSA) is 68.7 Å². The van der Waals surface area contributed by atoms with E-state index in [1.54, 1.807) is 0 Å². The van der Waals surface area contributed by atoms with Crippen molar-refractivity contribution in [2.45, 2.75) is 44.6 Å². The van der Waals surface area contributed by atoms with Gasteiger partial charge in [-0.25, -0.2) is 4.98 Å². The number of carboxylic acids is 1. The molecule has 2 aromatic rings. The summed E-state index contributed by atoms with van der Waals surface area (Å²) in [7, 11) is 0. The van der Waals surface area contributed by atoms with E-state index in [2.05, 4.69) is 34.1 Å². The maximum Gasteiger partial charge on any atom is 0.306 e. The number of hydrogen-bond acceptors (Lipinski definition) is 4. The number of nitrogens with zero attached hydrogens (tertiary/aromatic N) is 1. The number of carbonyl (C=O) groups is 1. The molecule has 1 aromatic carbocycles. The highest BCUT2D eigenvalue weighted by Gasteiger charge is 2.37. The highest BCUT2D eigenvalue weighted by molar-refractivity contribution is 9.10. The van der Waals surface area contributed by atoms with Gasteiger partial charge >= 0.3 is 5.97 Å². The average Bonchev–Trinajstić information content (AvgIpc) is 2.59. The second-order valence-corrected chi connectivity index (χ2v) is 8.09. The third kappa shape index (κ3) is 3.32. The van der Waals surface area contributed by atoms with Crippen LogP contribution in [0.2, 0.25) is 0 Å². The van der Waals surface area contributed by atoms with E-state index in [-0.39, 0.29) is 12.0 Å². The summed E-state index contributed by atoms with van der Waals surface area (Å²) in [6, 6.07) is 6.28. The molecule has 0 unspecified atom stereocenters. The van der Waals surface area contributed by atoms with E-state index in [0.29, 0.717) is 24.6 Å². The Labute approximate surface area is 160 Å². The Morgan fingerprint density at radius 1 is 1.27 bits per heavy atom. The van der Waals surface area contributed by atoms with Crippen molar-refractivity contribution in [1.29, 1.82) is 0 Å². The SMILES string of the molecule is Cc1ccc2c(Br)c(C3CCOCC3)nc(OC3CC(C(=O)O)C3)c2c1. The van der Waals surface area contributed by atoms with E-state index in [4.69, 9.17) is 19.6 Å². The Morgan fingerprint density at radius 3 is 2.69 bits per heavy atom. The summed E-state index contributed by atoms with van der Waals surface area (Å²) in [5.74, 6) is -0.0582. The highest BCUT2D eigenvalue weighted by Crippen LogP contribution is 2.41. The third-order valence-electron chi connectivity index (χ3n) is 5.42. The molecular weight excluding hydrogens is 398 g/mol. The fourth-order valence-electron chi connectivity index (χ4n) is 3.74. The number of halogens is 1. The number of hydrogen-bond donors (Lipinski definition) is 1. The van der Waals surface area contributed by atoms with Crippen molar-refractivity contribution < 1.29 is 19.4 Å². The summed E-state index contributed by atoms with van der Waals surface area (Å²) in [6.07, 6.45) is 2.93. The zero-order chi connectivity index (χ0) is 18.3. The fourth-order valence-corrected chi connectivity index (χ4v) is 4.49. The van der Waals surface area contributed by atoms with Crippen LogP contribution < -0.4 is 4.74 Å². The summed E-state index contributed by atoms with van der Waals surface area (Å²) >= 11 is 3.77. The van der Waals surface area contributed by atoms with Crippen molar-refractivity contribution in [3.05, 3.63) is 33.9 Å². The Hall–Kier alpha value is -1.66. The quantitative estimate of drug-likeness (QED) is 0.792. The number of pyridine rings is 1. The molecule has 2 heterocycles. The number of rotatable bonds is 4. The van der Waals surface area contributed by atoms with E-state index in [0.717, 1.165) is 52.6 Å². The van der Waals surface area contributed by atoms with Gasteiger partial charge in [-0.05, 0) is 54.6 Å². The van der Waals surface area contributed by atoms with Crippen molar-refractivity contribution in [3.63, 3.8) is 0 Å². The molecule has 0 amide bonds. The van der Waals surface area contributed by atoms with E-state index in [1.807, 2.05) is 6.92 Å². The monoisotopic (exact) mass is 419 g/mol. The zero-order valence-corrected chi connectivity index (χ0v) is 16.3. The molecule has 0 atom stereocenters. The third-order valence-corrected chi connectivity index (χ3v) is 6.25. The van der Waals surface area contributed by atoms with Crippen LogP contribution >= 0.6 is 15.9 Å². The molecule has 1 saturated carbocycles.